The zero-order valence-electron chi connectivity index (χ0n) is 13.3. The van der Waals surface area contributed by atoms with Crippen LogP contribution in [-0.2, 0) is 22.1 Å². The average Bonchev–Trinajstić information content (AvgIpc) is 2.36. The number of carboxylic acid groups (broad SMARTS) is 1. The van der Waals surface area contributed by atoms with Gasteiger partial charge in [-0.15, -0.1) is 0 Å². The molecule has 0 aliphatic carbocycles. The topological polar surface area (TPSA) is 95.9 Å². The molecule has 1 aromatic rings. The predicted octanol–water partition coefficient (Wildman–Crippen LogP) is 2.93. The molecule has 0 aliphatic rings. The van der Waals surface area contributed by atoms with Gasteiger partial charge in [-0.3, -0.25) is 0 Å². The minimum atomic E-state index is -4.64. The number of ether oxygens (including phenoxy) is 1. The van der Waals surface area contributed by atoms with E-state index in [1.165, 1.54) is 0 Å². The van der Waals surface area contributed by atoms with Gasteiger partial charge in [0.25, 0.3) is 0 Å². The van der Waals surface area contributed by atoms with Crippen molar-refractivity contribution in [2.45, 2.75) is 45.0 Å². The van der Waals surface area contributed by atoms with Crippen LogP contribution in [0.2, 0.25) is 0 Å². The molecule has 134 valence electrons. The highest BCUT2D eigenvalue weighted by molar-refractivity contribution is 5.80. The van der Waals surface area contributed by atoms with E-state index >= 15 is 0 Å². The van der Waals surface area contributed by atoms with Crippen LogP contribution in [0, 0.1) is 0 Å². The van der Waals surface area contributed by atoms with Crippen molar-refractivity contribution in [2.24, 2.45) is 0 Å². The second-order valence-corrected chi connectivity index (χ2v) is 6.08. The Bertz CT molecular complexity index is 623. The fraction of sp³-hybridized carbons (Fsp3) is 0.467. The summed E-state index contributed by atoms with van der Waals surface area (Å²) in [6.45, 7) is 4.71. The van der Waals surface area contributed by atoms with E-state index < -0.39 is 47.6 Å². The summed E-state index contributed by atoms with van der Waals surface area (Å²) < 4.78 is 43.0. The minimum absolute atomic E-state index is 0.256. The third-order valence-corrected chi connectivity index (χ3v) is 2.82. The van der Waals surface area contributed by atoms with E-state index in [0.717, 1.165) is 6.07 Å². The Balaban J connectivity index is 2.97. The Labute approximate surface area is 136 Å². The molecule has 1 atom stereocenters. The van der Waals surface area contributed by atoms with E-state index in [1.54, 1.807) is 20.8 Å². The molecule has 0 saturated carbocycles. The van der Waals surface area contributed by atoms with Crippen molar-refractivity contribution in [3.05, 3.63) is 29.3 Å². The number of phenolic OH excluding ortho intramolecular Hbond substituents is 1. The van der Waals surface area contributed by atoms with E-state index in [-0.39, 0.29) is 5.56 Å². The Morgan fingerprint density at radius 3 is 2.29 bits per heavy atom. The number of hydrogen-bond acceptors (Lipinski definition) is 4. The van der Waals surface area contributed by atoms with Crippen molar-refractivity contribution in [3.63, 3.8) is 0 Å². The van der Waals surface area contributed by atoms with Gasteiger partial charge >= 0.3 is 18.2 Å². The number of rotatable bonds is 4. The molecule has 1 aromatic carbocycles. The summed E-state index contributed by atoms with van der Waals surface area (Å²) in [6, 6.07) is 0.580. The summed E-state index contributed by atoms with van der Waals surface area (Å²) >= 11 is 0. The van der Waals surface area contributed by atoms with Crippen LogP contribution < -0.4 is 5.32 Å². The molecule has 0 spiro atoms. The van der Waals surface area contributed by atoms with Gasteiger partial charge in [-0.1, -0.05) is 0 Å². The Morgan fingerprint density at radius 1 is 1.25 bits per heavy atom. The Morgan fingerprint density at radius 2 is 1.83 bits per heavy atom. The summed E-state index contributed by atoms with van der Waals surface area (Å²) in [4.78, 5) is 22.9. The van der Waals surface area contributed by atoms with Gasteiger partial charge in [0.1, 0.15) is 17.4 Å². The standard InChI is InChI=1S/C15H18F3NO5/c1-14(2,3)24-13(23)19-10(12(21)22)7-8-6-9(15(16,17)18)4-5-11(8)20/h4-6,10,20H,7H2,1-3H3,(H,19,23)(H,21,22). The van der Waals surface area contributed by atoms with Crippen molar-refractivity contribution in [1.82, 2.24) is 5.32 Å². The van der Waals surface area contributed by atoms with Crippen molar-refractivity contribution in [3.8, 4) is 5.75 Å². The van der Waals surface area contributed by atoms with E-state index in [1.807, 2.05) is 0 Å². The minimum Gasteiger partial charge on any atom is -0.508 e. The number of benzene rings is 1. The summed E-state index contributed by atoms with van der Waals surface area (Å²) in [6.07, 6.45) is -6.20. The maximum atomic E-state index is 12.7. The molecule has 6 nitrogen and oxygen atoms in total. The average molecular weight is 349 g/mol. The van der Waals surface area contributed by atoms with Crippen molar-refractivity contribution < 1.29 is 37.7 Å². The molecule has 0 aliphatic heterocycles. The van der Waals surface area contributed by atoms with E-state index in [2.05, 4.69) is 5.32 Å². The molecule has 0 radical (unpaired) electrons. The van der Waals surface area contributed by atoms with Crippen LogP contribution in [0.25, 0.3) is 0 Å². The first-order chi connectivity index (χ1) is 10.8. The highest BCUT2D eigenvalue weighted by atomic mass is 19.4. The fourth-order valence-corrected chi connectivity index (χ4v) is 1.80. The molecule has 3 N–H and O–H groups in total. The molecular weight excluding hydrogens is 331 g/mol. The molecule has 0 bridgehead atoms. The number of alkyl carbamates (subject to hydrolysis) is 1. The summed E-state index contributed by atoms with van der Waals surface area (Å²) in [5.41, 5.74) is -2.16. The molecule has 9 heteroatoms. The lowest BCUT2D eigenvalue weighted by atomic mass is 10.0. The lowest BCUT2D eigenvalue weighted by Gasteiger charge is -2.22. The van der Waals surface area contributed by atoms with Crippen molar-refractivity contribution in [2.75, 3.05) is 0 Å². The normalized spacial score (nSPS) is 13.2. The number of aliphatic carboxylic acids is 1. The maximum Gasteiger partial charge on any atom is 0.416 e. The molecule has 1 rings (SSSR count). The number of halogens is 3. The third kappa shape index (κ3) is 5.98. The van der Waals surface area contributed by atoms with Gasteiger partial charge in [0, 0.05) is 6.42 Å². The van der Waals surface area contributed by atoms with Crippen LogP contribution in [0.5, 0.6) is 5.75 Å². The van der Waals surface area contributed by atoms with Crippen LogP contribution in [0.3, 0.4) is 0 Å². The maximum absolute atomic E-state index is 12.7. The zero-order valence-corrected chi connectivity index (χ0v) is 13.3. The smallest absolute Gasteiger partial charge is 0.416 e. The number of carboxylic acids is 1. The molecule has 1 unspecified atom stereocenters. The third-order valence-electron chi connectivity index (χ3n) is 2.82. The van der Waals surface area contributed by atoms with Gasteiger partial charge in [0.15, 0.2) is 0 Å². The van der Waals surface area contributed by atoms with Crippen LogP contribution in [-0.4, -0.2) is 33.9 Å². The van der Waals surface area contributed by atoms with E-state index in [9.17, 15) is 27.9 Å². The number of alkyl halides is 3. The van der Waals surface area contributed by atoms with E-state index in [0.29, 0.717) is 12.1 Å². The summed E-state index contributed by atoms with van der Waals surface area (Å²) in [7, 11) is 0. The van der Waals surface area contributed by atoms with Gasteiger partial charge in [-0.25, -0.2) is 9.59 Å². The Hall–Kier alpha value is -2.45. The first kappa shape index (κ1) is 19.6. The quantitative estimate of drug-likeness (QED) is 0.777. The lowest BCUT2D eigenvalue weighted by Crippen LogP contribution is -2.44. The number of amides is 1. The number of phenols is 1. The second kappa shape index (κ2) is 6.98. The van der Waals surface area contributed by atoms with Gasteiger partial charge in [0.2, 0.25) is 0 Å². The molecule has 1 amide bonds. The van der Waals surface area contributed by atoms with Gasteiger partial charge in [0.05, 0.1) is 5.56 Å². The molecule has 0 fully saturated rings. The summed E-state index contributed by atoms with van der Waals surface area (Å²) in [5.74, 6) is -1.97. The number of carbonyl (C=O) groups excluding carboxylic acids is 1. The molecule has 0 saturated heterocycles. The van der Waals surface area contributed by atoms with Gasteiger partial charge in [-0.05, 0) is 44.5 Å². The Kier molecular flexibility index (Phi) is 5.70. The number of carbonyl (C=O) groups is 2. The molecule has 0 heterocycles. The van der Waals surface area contributed by atoms with Crippen molar-refractivity contribution in [1.29, 1.82) is 0 Å². The zero-order chi connectivity index (χ0) is 18.7. The highest BCUT2D eigenvalue weighted by Crippen LogP contribution is 2.32. The SMILES string of the molecule is CC(C)(C)OC(=O)NC(Cc1cc(C(F)(F)F)ccc1O)C(=O)O. The van der Waals surface area contributed by atoms with E-state index in [4.69, 9.17) is 9.84 Å². The van der Waals surface area contributed by atoms with Crippen LogP contribution in [0.4, 0.5) is 18.0 Å². The van der Waals surface area contributed by atoms with Crippen molar-refractivity contribution >= 4 is 12.1 Å². The second-order valence-electron chi connectivity index (χ2n) is 6.08. The first-order valence-electron chi connectivity index (χ1n) is 6.91. The van der Waals surface area contributed by atoms with Crippen LogP contribution in [0.15, 0.2) is 18.2 Å². The monoisotopic (exact) mass is 349 g/mol. The predicted molar refractivity (Wildman–Crippen MR) is 77.6 cm³/mol. The fourth-order valence-electron chi connectivity index (χ4n) is 1.80. The van der Waals surface area contributed by atoms with Crippen LogP contribution in [0.1, 0.15) is 31.9 Å². The number of hydrogen-bond donors (Lipinski definition) is 3. The molecule has 0 aromatic heterocycles. The van der Waals surface area contributed by atoms with Crippen LogP contribution >= 0.6 is 0 Å². The molecule has 24 heavy (non-hydrogen) atoms. The highest BCUT2D eigenvalue weighted by Gasteiger charge is 2.32. The van der Waals surface area contributed by atoms with Gasteiger partial charge in [-0.2, -0.15) is 13.2 Å². The molecular formula is C15H18F3NO5. The number of aromatic hydroxyl groups is 1. The van der Waals surface area contributed by atoms with Gasteiger partial charge < -0.3 is 20.3 Å². The summed E-state index contributed by atoms with van der Waals surface area (Å²) in [5, 5.41) is 20.8. The largest absolute Gasteiger partial charge is 0.508 e. The number of nitrogens with one attached hydrogen (secondary N) is 1. The first-order valence-corrected chi connectivity index (χ1v) is 6.91. The lowest BCUT2D eigenvalue weighted by molar-refractivity contribution is -0.139.